The normalized spacial score (nSPS) is 19.8. The van der Waals surface area contributed by atoms with Crippen LogP contribution in [0.5, 0.6) is 11.5 Å². The van der Waals surface area contributed by atoms with Crippen LogP contribution in [0.3, 0.4) is 0 Å². The second-order valence-electron chi connectivity index (χ2n) is 7.82. The lowest BCUT2D eigenvalue weighted by atomic mass is 9.89. The molecule has 0 aliphatic carbocycles. The fraction of sp³-hybridized carbons (Fsp3) is 0.208. The van der Waals surface area contributed by atoms with Crippen molar-refractivity contribution in [2.75, 3.05) is 11.9 Å². The zero-order chi connectivity index (χ0) is 26.6. The number of urea groups is 1. The average Bonchev–Trinajstić information content (AvgIpc) is 2.81. The molecular formula is C24H24N4O8. The van der Waals surface area contributed by atoms with E-state index in [1.165, 1.54) is 44.3 Å². The van der Waals surface area contributed by atoms with Gasteiger partial charge in [0.15, 0.2) is 17.0 Å². The zero-order valence-corrected chi connectivity index (χ0v) is 19.6. The molecular weight excluding hydrogens is 472 g/mol. The maximum Gasteiger partial charge on any atom is 0.405 e. The molecule has 4 amide bonds. The SMILES string of the molecule is CC(=O)Oc1ccc(C=CC2(NC(=O)O)C(=O)N(C)C(=O)N(c3ccccc3)C2N)cc1OC(C)=O. The van der Waals surface area contributed by atoms with Crippen LogP contribution in [0.1, 0.15) is 19.4 Å². The van der Waals surface area contributed by atoms with Gasteiger partial charge in [-0.2, -0.15) is 0 Å². The Morgan fingerprint density at radius 2 is 1.64 bits per heavy atom. The molecule has 2 aromatic carbocycles. The highest BCUT2D eigenvalue weighted by molar-refractivity contribution is 6.12. The lowest BCUT2D eigenvalue weighted by Crippen LogP contribution is -2.78. The molecule has 1 heterocycles. The van der Waals surface area contributed by atoms with E-state index in [1.54, 1.807) is 30.3 Å². The van der Waals surface area contributed by atoms with Crippen molar-refractivity contribution in [2.45, 2.75) is 25.6 Å². The summed E-state index contributed by atoms with van der Waals surface area (Å²) in [5.74, 6) is -2.29. The number of likely N-dealkylation sites (N-methyl/N-ethyl adjacent to an activating group) is 1. The summed E-state index contributed by atoms with van der Waals surface area (Å²) in [7, 11) is 1.21. The molecule has 188 valence electrons. The fourth-order valence-corrected chi connectivity index (χ4v) is 3.68. The van der Waals surface area contributed by atoms with E-state index in [9.17, 15) is 29.1 Å². The molecule has 36 heavy (non-hydrogen) atoms. The van der Waals surface area contributed by atoms with Crippen LogP contribution in [0.15, 0.2) is 54.6 Å². The predicted octanol–water partition coefficient (Wildman–Crippen LogP) is 1.94. The molecule has 0 saturated carbocycles. The number of para-hydroxylation sites is 1. The number of rotatable bonds is 6. The summed E-state index contributed by atoms with van der Waals surface area (Å²) in [5.41, 5.74) is 4.99. The molecule has 2 aromatic rings. The summed E-state index contributed by atoms with van der Waals surface area (Å²) in [5, 5.41) is 11.7. The Balaban J connectivity index is 2.10. The van der Waals surface area contributed by atoms with Gasteiger partial charge in [-0.3, -0.25) is 24.2 Å². The molecule has 3 rings (SSSR count). The minimum Gasteiger partial charge on any atom is -0.465 e. The number of nitrogens with zero attached hydrogens (tertiary/aromatic N) is 2. The molecule has 1 fully saturated rings. The maximum absolute atomic E-state index is 13.3. The standard InChI is InChI=1S/C24H24N4O8/c1-14(29)35-18-10-9-16(13-19(18)36-15(2)30)11-12-24(26-22(32)33)20(25)28(17-7-5-4-6-8-17)23(34)27(3)21(24)31/h4-13,20,26H,25H2,1-3H3,(H,32,33). The minimum atomic E-state index is -2.08. The van der Waals surface area contributed by atoms with Gasteiger partial charge in [0.2, 0.25) is 0 Å². The van der Waals surface area contributed by atoms with E-state index >= 15 is 0 Å². The highest BCUT2D eigenvalue weighted by Crippen LogP contribution is 2.32. The van der Waals surface area contributed by atoms with Crippen molar-refractivity contribution in [1.82, 2.24) is 10.2 Å². The van der Waals surface area contributed by atoms with Crippen molar-refractivity contribution in [2.24, 2.45) is 5.73 Å². The van der Waals surface area contributed by atoms with Crippen LogP contribution in [0, 0.1) is 0 Å². The largest absolute Gasteiger partial charge is 0.465 e. The first kappa shape index (κ1) is 25.9. The lowest BCUT2D eigenvalue weighted by molar-refractivity contribution is -0.134. The van der Waals surface area contributed by atoms with Gasteiger partial charge in [0, 0.05) is 26.6 Å². The predicted molar refractivity (Wildman–Crippen MR) is 127 cm³/mol. The van der Waals surface area contributed by atoms with E-state index < -0.39 is 41.7 Å². The van der Waals surface area contributed by atoms with E-state index in [1.807, 2.05) is 0 Å². The number of carboxylic acid groups (broad SMARTS) is 1. The number of nitrogens with two attached hydrogens (primary N) is 1. The fourth-order valence-electron chi connectivity index (χ4n) is 3.68. The van der Waals surface area contributed by atoms with E-state index in [0.717, 1.165) is 16.7 Å². The number of esters is 2. The van der Waals surface area contributed by atoms with Crippen molar-refractivity contribution < 1.29 is 38.6 Å². The second kappa shape index (κ2) is 10.3. The molecule has 1 saturated heterocycles. The van der Waals surface area contributed by atoms with Gasteiger partial charge in [0.25, 0.3) is 5.91 Å². The maximum atomic E-state index is 13.3. The Morgan fingerprint density at radius 1 is 1.03 bits per heavy atom. The monoisotopic (exact) mass is 496 g/mol. The summed E-state index contributed by atoms with van der Waals surface area (Å²) >= 11 is 0. The number of hydrogen-bond donors (Lipinski definition) is 3. The van der Waals surface area contributed by atoms with Crippen LogP contribution in [-0.4, -0.2) is 58.7 Å². The van der Waals surface area contributed by atoms with E-state index in [2.05, 4.69) is 5.32 Å². The van der Waals surface area contributed by atoms with E-state index in [4.69, 9.17) is 15.2 Å². The van der Waals surface area contributed by atoms with Crippen molar-refractivity contribution in [3.05, 3.63) is 60.2 Å². The Bertz CT molecular complexity index is 1250. The Morgan fingerprint density at radius 3 is 2.22 bits per heavy atom. The van der Waals surface area contributed by atoms with Gasteiger partial charge in [0.1, 0.15) is 6.17 Å². The van der Waals surface area contributed by atoms with Gasteiger partial charge in [-0.1, -0.05) is 30.3 Å². The van der Waals surface area contributed by atoms with Gasteiger partial charge >= 0.3 is 24.1 Å². The number of ether oxygens (including phenoxy) is 2. The van der Waals surface area contributed by atoms with Crippen molar-refractivity contribution in [1.29, 1.82) is 0 Å². The second-order valence-corrected chi connectivity index (χ2v) is 7.82. The highest BCUT2D eigenvalue weighted by atomic mass is 16.6. The Kier molecular flexibility index (Phi) is 7.39. The summed E-state index contributed by atoms with van der Waals surface area (Å²) in [6.07, 6.45) is -0.432. The first-order valence-electron chi connectivity index (χ1n) is 10.6. The first-order valence-corrected chi connectivity index (χ1v) is 10.6. The molecule has 12 nitrogen and oxygen atoms in total. The number of imide groups is 1. The van der Waals surface area contributed by atoms with Gasteiger partial charge in [0.05, 0.1) is 0 Å². The van der Waals surface area contributed by atoms with Gasteiger partial charge in [-0.05, 0) is 35.9 Å². The Labute approximate surface area is 205 Å². The molecule has 1 aliphatic heterocycles. The summed E-state index contributed by atoms with van der Waals surface area (Å²) < 4.78 is 10.1. The molecule has 2 unspecified atom stereocenters. The van der Waals surface area contributed by atoms with Crippen LogP contribution >= 0.6 is 0 Å². The van der Waals surface area contributed by atoms with Gasteiger partial charge in [-0.25, -0.2) is 9.59 Å². The third-order valence-electron chi connectivity index (χ3n) is 5.26. The molecule has 2 atom stereocenters. The first-order chi connectivity index (χ1) is 17.0. The molecule has 0 bridgehead atoms. The number of anilines is 1. The molecule has 0 radical (unpaired) electrons. The lowest BCUT2D eigenvalue weighted by Gasteiger charge is -2.47. The van der Waals surface area contributed by atoms with Crippen LogP contribution in [-0.2, 0) is 14.4 Å². The quantitative estimate of drug-likeness (QED) is 0.400. The topological polar surface area (TPSA) is 169 Å². The number of nitrogens with one attached hydrogen (secondary N) is 1. The molecule has 4 N–H and O–H groups in total. The van der Waals surface area contributed by atoms with E-state index in [-0.39, 0.29) is 11.5 Å². The third kappa shape index (κ3) is 5.18. The van der Waals surface area contributed by atoms with Gasteiger partial charge < -0.3 is 25.6 Å². The van der Waals surface area contributed by atoms with Crippen LogP contribution in [0.2, 0.25) is 0 Å². The van der Waals surface area contributed by atoms with Crippen LogP contribution < -0.4 is 25.4 Å². The van der Waals surface area contributed by atoms with E-state index in [0.29, 0.717) is 11.3 Å². The molecule has 1 aliphatic rings. The summed E-state index contributed by atoms with van der Waals surface area (Å²) in [6.45, 7) is 2.34. The van der Waals surface area contributed by atoms with Crippen LogP contribution in [0.4, 0.5) is 15.3 Å². The summed E-state index contributed by atoms with van der Waals surface area (Å²) in [6, 6.07) is 11.7. The highest BCUT2D eigenvalue weighted by Gasteiger charge is 2.55. The number of amides is 4. The van der Waals surface area contributed by atoms with Crippen molar-refractivity contribution >= 4 is 41.7 Å². The number of carbonyl (C=O) groups excluding carboxylic acids is 4. The average molecular weight is 496 g/mol. The molecule has 0 spiro atoms. The smallest absolute Gasteiger partial charge is 0.405 e. The minimum absolute atomic E-state index is 0.0146. The third-order valence-corrected chi connectivity index (χ3v) is 5.26. The molecule has 0 aromatic heterocycles. The van der Waals surface area contributed by atoms with Crippen molar-refractivity contribution in [3.63, 3.8) is 0 Å². The number of hydrogen-bond acceptors (Lipinski definition) is 8. The van der Waals surface area contributed by atoms with Gasteiger partial charge in [-0.15, -0.1) is 0 Å². The molecule has 12 heteroatoms. The zero-order valence-electron chi connectivity index (χ0n) is 19.6. The Hall–Kier alpha value is -4.71. The number of benzene rings is 2. The summed E-state index contributed by atoms with van der Waals surface area (Å²) in [4.78, 5) is 62.7. The van der Waals surface area contributed by atoms with Crippen molar-refractivity contribution in [3.8, 4) is 11.5 Å². The van der Waals surface area contributed by atoms with Crippen LogP contribution in [0.25, 0.3) is 6.08 Å². The number of carbonyl (C=O) groups is 5.